The van der Waals surface area contributed by atoms with Gasteiger partial charge in [0.25, 0.3) is 0 Å². The van der Waals surface area contributed by atoms with Crippen LogP contribution in [0, 0.1) is 0 Å². The molecule has 0 heterocycles. The third kappa shape index (κ3) is 2.30. The van der Waals surface area contributed by atoms with E-state index in [0.29, 0.717) is 15.4 Å². The van der Waals surface area contributed by atoms with Gasteiger partial charge in [-0.25, -0.2) is 4.79 Å². The average molecular weight is 130 g/mol. The molecule has 0 saturated heterocycles. The Hall–Kier alpha value is -0.903. The van der Waals surface area contributed by atoms with E-state index >= 15 is 0 Å². The van der Waals surface area contributed by atoms with Crippen molar-refractivity contribution >= 4 is 22.7 Å². The summed E-state index contributed by atoms with van der Waals surface area (Å²) in [6.07, 6.45) is 0. The molecule has 0 fully saturated rings. The summed E-state index contributed by atoms with van der Waals surface area (Å²) in [6, 6.07) is 0. The van der Waals surface area contributed by atoms with E-state index in [-0.39, 0.29) is 6.47 Å². The molecule has 0 bridgehead atoms. The Morgan fingerprint density at radius 1 is 1.75 bits per heavy atom. The maximum atomic E-state index is 10.2. The van der Waals surface area contributed by atoms with Gasteiger partial charge in [-0.3, -0.25) is 4.79 Å². The van der Waals surface area contributed by atoms with Gasteiger partial charge in [-0.1, -0.05) is 6.58 Å². The van der Waals surface area contributed by atoms with Crippen molar-refractivity contribution in [2.75, 3.05) is 0 Å². The number of esters is 1. The van der Waals surface area contributed by atoms with Crippen molar-refractivity contribution in [3.8, 4) is 0 Å². The molecule has 0 spiro atoms. The van der Waals surface area contributed by atoms with E-state index in [1.807, 2.05) is 0 Å². The van der Waals surface area contributed by atoms with Crippen LogP contribution in [0.2, 0.25) is 0 Å². The molecule has 0 rings (SSSR count). The lowest BCUT2D eigenvalue weighted by atomic mass is 10.6. The molecule has 0 aliphatic heterocycles. The minimum Gasteiger partial charge on any atom is -0.392 e. The SMILES string of the molecule is C=C([SiH3])C(=O)OC=O. The number of rotatable bonds is 2. The third-order valence-corrected chi connectivity index (χ3v) is 0.912. The molecule has 3 nitrogen and oxygen atoms in total. The fourth-order valence-corrected chi connectivity index (χ4v) is 0.262. The first-order valence-corrected chi connectivity index (χ1v) is 2.98. The van der Waals surface area contributed by atoms with Crippen LogP contribution in [-0.4, -0.2) is 22.7 Å². The van der Waals surface area contributed by atoms with Crippen LogP contribution in [0.15, 0.2) is 11.8 Å². The first-order valence-electron chi connectivity index (χ1n) is 1.98. The molecule has 4 heteroatoms. The molecule has 0 atom stereocenters. The predicted octanol–water partition coefficient (Wildman–Crippen LogP) is -1.43. The van der Waals surface area contributed by atoms with E-state index in [0.717, 1.165) is 0 Å². The second-order valence-electron chi connectivity index (χ2n) is 1.28. The molecule has 0 aromatic carbocycles. The summed E-state index contributed by atoms with van der Waals surface area (Å²) < 4.78 is 3.92. The van der Waals surface area contributed by atoms with Crippen LogP contribution < -0.4 is 0 Å². The average Bonchev–Trinajstić information content (AvgIpc) is 1.67. The first kappa shape index (κ1) is 7.10. The number of carbonyl (C=O) groups is 2. The Balaban J connectivity index is 3.65. The van der Waals surface area contributed by atoms with Crippen molar-refractivity contribution < 1.29 is 14.3 Å². The first-order chi connectivity index (χ1) is 3.68. The van der Waals surface area contributed by atoms with E-state index < -0.39 is 5.97 Å². The monoisotopic (exact) mass is 130 g/mol. The van der Waals surface area contributed by atoms with Crippen molar-refractivity contribution in [2.24, 2.45) is 0 Å². The largest absolute Gasteiger partial charge is 0.392 e. The summed E-state index contributed by atoms with van der Waals surface area (Å²) in [6.45, 7) is 3.40. The normalized spacial score (nSPS) is 8.00. The molecule has 0 aliphatic carbocycles. The van der Waals surface area contributed by atoms with Gasteiger partial charge in [-0.15, -0.1) is 0 Å². The van der Waals surface area contributed by atoms with Gasteiger partial charge in [0.05, 0.1) is 0 Å². The highest BCUT2D eigenvalue weighted by Crippen LogP contribution is 1.82. The van der Waals surface area contributed by atoms with Crippen LogP contribution in [0.1, 0.15) is 0 Å². The van der Waals surface area contributed by atoms with Crippen molar-refractivity contribution in [3.63, 3.8) is 0 Å². The molecule has 0 saturated carbocycles. The van der Waals surface area contributed by atoms with Crippen LogP contribution in [0.25, 0.3) is 0 Å². The fraction of sp³-hybridized carbons (Fsp3) is 0. The van der Waals surface area contributed by atoms with Gasteiger partial charge in [0, 0.05) is 15.4 Å². The molecule has 0 N–H and O–H groups in total. The Morgan fingerprint density at radius 3 is 2.38 bits per heavy atom. The number of carbonyl (C=O) groups excluding carboxylic acids is 2. The Labute approximate surface area is 49.8 Å². The van der Waals surface area contributed by atoms with Crippen LogP contribution in [-0.2, 0) is 14.3 Å². The van der Waals surface area contributed by atoms with Crippen molar-refractivity contribution in [1.29, 1.82) is 0 Å². The smallest absolute Gasteiger partial charge is 0.335 e. The van der Waals surface area contributed by atoms with Gasteiger partial charge in [0.2, 0.25) is 0 Å². The predicted molar refractivity (Wildman–Crippen MR) is 31.2 cm³/mol. The van der Waals surface area contributed by atoms with Gasteiger partial charge in [-0.05, 0) is 0 Å². The molecule has 0 aromatic rings. The molecule has 0 unspecified atom stereocenters. The highest BCUT2D eigenvalue weighted by Gasteiger charge is 1.98. The van der Waals surface area contributed by atoms with Gasteiger partial charge in [-0.2, -0.15) is 0 Å². The minimum atomic E-state index is -0.619. The van der Waals surface area contributed by atoms with E-state index in [9.17, 15) is 9.59 Å². The lowest BCUT2D eigenvalue weighted by molar-refractivity contribution is -0.147. The van der Waals surface area contributed by atoms with Gasteiger partial charge in [0.1, 0.15) is 0 Å². The highest BCUT2D eigenvalue weighted by atomic mass is 28.1. The zero-order chi connectivity index (χ0) is 6.57. The highest BCUT2D eigenvalue weighted by molar-refractivity contribution is 6.35. The molecule has 0 amide bonds. The fourth-order valence-electron chi connectivity index (χ4n) is 0.144. The molecule has 8 heavy (non-hydrogen) atoms. The number of ether oxygens (including phenoxy) is 1. The Bertz CT molecular complexity index is 129. The summed E-state index contributed by atoms with van der Waals surface area (Å²) >= 11 is 0. The summed E-state index contributed by atoms with van der Waals surface area (Å²) in [5.74, 6) is -0.619. The van der Waals surface area contributed by atoms with Gasteiger partial charge in [0.15, 0.2) is 0 Å². The molecule has 0 aliphatic rings. The van der Waals surface area contributed by atoms with Crippen molar-refractivity contribution in [1.82, 2.24) is 0 Å². The summed E-state index contributed by atoms with van der Waals surface area (Å²) in [7, 11) is 0.539. The van der Waals surface area contributed by atoms with E-state index in [2.05, 4.69) is 11.3 Å². The minimum absolute atomic E-state index is 0.103. The molecular formula is C4H6O3Si. The van der Waals surface area contributed by atoms with Gasteiger partial charge >= 0.3 is 12.4 Å². The Kier molecular flexibility index (Phi) is 2.79. The van der Waals surface area contributed by atoms with E-state index in [4.69, 9.17) is 0 Å². The van der Waals surface area contributed by atoms with E-state index in [1.54, 1.807) is 0 Å². The zero-order valence-corrected chi connectivity index (χ0v) is 6.51. The summed E-state index contributed by atoms with van der Waals surface area (Å²) in [5.41, 5.74) is 0. The van der Waals surface area contributed by atoms with Gasteiger partial charge < -0.3 is 4.74 Å². The number of hydrogen-bond acceptors (Lipinski definition) is 3. The molecular weight excluding hydrogens is 124 g/mol. The molecule has 44 valence electrons. The van der Waals surface area contributed by atoms with Crippen LogP contribution in [0.5, 0.6) is 0 Å². The topological polar surface area (TPSA) is 43.4 Å². The van der Waals surface area contributed by atoms with Crippen LogP contribution >= 0.6 is 0 Å². The molecule has 0 aromatic heterocycles. The zero-order valence-electron chi connectivity index (χ0n) is 4.51. The lowest BCUT2D eigenvalue weighted by Gasteiger charge is -1.89. The van der Waals surface area contributed by atoms with E-state index in [1.165, 1.54) is 0 Å². The maximum absolute atomic E-state index is 10.2. The maximum Gasteiger partial charge on any atom is 0.335 e. The van der Waals surface area contributed by atoms with Crippen LogP contribution in [0.4, 0.5) is 0 Å². The summed E-state index contributed by atoms with van der Waals surface area (Å²) in [5, 5.41) is 0.358. The summed E-state index contributed by atoms with van der Waals surface area (Å²) in [4.78, 5) is 19.7. The lowest BCUT2D eigenvalue weighted by Crippen LogP contribution is -2.04. The van der Waals surface area contributed by atoms with Crippen molar-refractivity contribution in [2.45, 2.75) is 0 Å². The quantitative estimate of drug-likeness (QED) is 0.151. The molecule has 0 radical (unpaired) electrons. The number of hydrogen-bond donors (Lipinski definition) is 0. The standard InChI is InChI=1S/C4H6O3Si/c1-3(8)4(6)7-2-5/h2H,1H2,8H3. The van der Waals surface area contributed by atoms with Crippen molar-refractivity contribution in [3.05, 3.63) is 11.8 Å². The second-order valence-corrected chi connectivity index (χ2v) is 2.49. The van der Waals surface area contributed by atoms with Crippen LogP contribution in [0.3, 0.4) is 0 Å². The second kappa shape index (κ2) is 3.14. The Morgan fingerprint density at radius 2 is 2.25 bits per heavy atom. The third-order valence-electron chi connectivity index (χ3n) is 0.504.